The number of guanidine groups is 1. The van der Waals surface area contributed by atoms with E-state index in [9.17, 15) is 13.2 Å². The van der Waals surface area contributed by atoms with E-state index in [2.05, 4.69) is 20.5 Å². The zero-order valence-corrected chi connectivity index (χ0v) is 16.6. The summed E-state index contributed by atoms with van der Waals surface area (Å²) < 4.78 is 42.4. The van der Waals surface area contributed by atoms with Crippen LogP contribution in [0.15, 0.2) is 27.8 Å². The Hall–Kier alpha value is -0.970. The lowest BCUT2D eigenvalue weighted by atomic mass is 10.2. The molecule has 25 heavy (non-hydrogen) atoms. The van der Waals surface area contributed by atoms with Crippen molar-refractivity contribution in [2.75, 3.05) is 32.7 Å². The number of halogens is 4. The highest BCUT2D eigenvalue weighted by atomic mass is 127. The lowest BCUT2D eigenvalue weighted by molar-refractivity contribution is -0.132. The summed E-state index contributed by atoms with van der Waals surface area (Å²) in [5.41, 5.74) is 0. The summed E-state index contributed by atoms with van der Waals surface area (Å²) in [7, 11) is 0. The van der Waals surface area contributed by atoms with Gasteiger partial charge in [-0.1, -0.05) is 0 Å². The Labute approximate surface area is 163 Å². The molecule has 1 fully saturated rings. The molecule has 0 radical (unpaired) electrons. The standard InChI is InChI=1S/C16H25F3N4O.HI/c1-2-20-15(21-8-7-16(17,18)19)22-12-13(14-6-5-11-24-14)23-9-3-4-10-23;/h5-6,11,13H,2-4,7-10,12H2,1H3,(H2,20,21,22);1H. The molecule has 0 saturated carbocycles. The predicted molar refractivity (Wildman–Crippen MR) is 102 cm³/mol. The molecule has 1 aliphatic rings. The van der Waals surface area contributed by atoms with Crippen LogP contribution in [0.25, 0.3) is 0 Å². The first-order valence-electron chi connectivity index (χ1n) is 8.36. The first-order chi connectivity index (χ1) is 11.5. The smallest absolute Gasteiger partial charge is 0.390 e. The quantitative estimate of drug-likeness (QED) is 0.361. The van der Waals surface area contributed by atoms with Crippen LogP contribution >= 0.6 is 24.0 Å². The number of alkyl halides is 3. The summed E-state index contributed by atoms with van der Waals surface area (Å²) in [6, 6.07) is 3.78. The first kappa shape index (κ1) is 22.1. The van der Waals surface area contributed by atoms with Crippen molar-refractivity contribution in [2.45, 2.75) is 38.4 Å². The molecule has 1 aromatic heterocycles. The summed E-state index contributed by atoms with van der Waals surface area (Å²) in [5, 5.41) is 5.72. The molecule has 0 aromatic carbocycles. The molecule has 1 aliphatic heterocycles. The molecule has 9 heteroatoms. The Morgan fingerprint density at radius 2 is 2.04 bits per heavy atom. The van der Waals surface area contributed by atoms with Crippen molar-refractivity contribution in [3.63, 3.8) is 0 Å². The van der Waals surface area contributed by atoms with Crippen molar-refractivity contribution in [1.82, 2.24) is 15.5 Å². The van der Waals surface area contributed by atoms with Gasteiger partial charge in [0.05, 0.1) is 25.3 Å². The van der Waals surface area contributed by atoms with Crippen LogP contribution in [0.4, 0.5) is 13.2 Å². The Balaban J connectivity index is 0.00000312. The topological polar surface area (TPSA) is 52.8 Å². The maximum absolute atomic E-state index is 12.3. The highest BCUT2D eigenvalue weighted by Crippen LogP contribution is 2.25. The van der Waals surface area contributed by atoms with Gasteiger partial charge in [0.2, 0.25) is 0 Å². The fourth-order valence-electron chi connectivity index (χ4n) is 2.76. The van der Waals surface area contributed by atoms with E-state index in [4.69, 9.17) is 4.42 Å². The minimum Gasteiger partial charge on any atom is -0.468 e. The van der Waals surface area contributed by atoms with Gasteiger partial charge in [0.25, 0.3) is 0 Å². The molecule has 0 amide bonds. The monoisotopic (exact) mass is 474 g/mol. The molecule has 2 N–H and O–H groups in total. The number of nitrogens with one attached hydrogen (secondary N) is 2. The van der Waals surface area contributed by atoms with E-state index in [1.807, 2.05) is 19.1 Å². The number of hydrogen-bond acceptors (Lipinski definition) is 3. The van der Waals surface area contributed by atoms with Crippen LogP contribution in [-0.2, 0) is 0 Å². The van der Waals surface area contributed by atoms with E-state index in [-0.39, 0.29) is 36.6 Å². The zero-order chi connectivity index (χ0) is 17.4. The van der Waals surface area contributed by atoms with Gasteiger partial charge in [-0.05, 0) is 45.0 Å². The van der Waals surface area contributed by atoms with E-state index >= 15 is 0 Å². The van der Waals surface area contributed by atoms with Crippen LogP contribution in [0.5, 0.6) is 0 Å². The molecule has 5 nitrogen and oxygen atoms in total. The zero-order valence-electron chi connectivity index (χ0n) is 14.3. The Morgan fingerprint density at radius 3 is 2.60 bits per heavy atom. The number of nitrogens with zero attached hydrogens (tertiary/aromatic N) is 2. The predicted octanol–water partition coefficient (Wildman–Crippen LogP) is 3.54. The van der Waals surface area contributed by atoms with Gasteiger partial charge in [-0.2, -0.15) is 13.2 Å². The van der Waals surface area contributed by atoms with Crippen molar-refractivity contribution < 1.29 is 17.6 Å². The largest absolute Gasteiger partial charge is 0.468 e. The van der Waals surface area contributed by atoms with E-state index in [1.54, 1.807) is 6.26 Å². The van der Waals surface area contributed by atoms with E-state index in [0.717, 1.165) is 31.7 Å². The average Bonchev–Trinajstić information content (AvgIpc) is 3.20. The second-order valence-electron chi connectivity index (χ2n) is 5.79. The van der Waals surface area contributed by atoms with Crippen LogP contribution in [0.3, 0.4) is 0 Å². The maximum Gasteiger partial charge on any atom is 0.390 e. The third kappa shape index (κ3) is 7.85. The van der Waals surface area contributed by atoms with Crippen LogP contribution in [0.1, 0.15) is 38.0 Å². The molecule has 2 rings (SSSR count). The second kappa shape index (κ2) is 10.9. The summed E-state index contributed by atoms with van der Waals surface area (Å²) in [6.07, 6.45) is -1.13. The second-order valence-corrected chi connectivity index (χ2v) is 5.79. The molecule has 1 atom stereocenters. The van der Waals surface area contributed by atoms with Crippen molar-refractivity contribution in [2.24, 2.45) is 4.99 Å². The number of likely N-dealkylation sites (tertiary alicyclic amines) is 1. The number of hydrogen-bond donors (Lipinski definition) is 2. The van der Waals surface area contributed by atoms with E-state index < -0.39 is 12.6 Å². The van der Waals surface area contributed by atoms with E-state index in [1.165, 1.54) is 0 Å². The molecule has 0 bridgehead atoms. The molecule has 1 aromatic rings. The third-order valence-electron chi connectivity index (χ3n) is 3.92. The molecule has 144 valence electrons. The minimum absolute atomic E-state index is 0. The number of aliphatic imine (C=N–C) groups is 1. The highest BCUT2D eigenvalue weighted by Gasteiger charge is 2.27. The van der Waals surface area contributed by atoms with Gasteiger partial charge in [0.15, 0.2) is 5.96 Å². The molecule has 1 unspecified atom stereocenters. The molecular weight excluding hydrogens is 448 g/mol. The van der Waals surface area contributed by atoms with E-state index in [0.29, 0.717) is 19.0 Å². The molecule has 0 spiro atoms. The van der Waals surface area contributed by atoms with Crippen molar-refractivity contribution in [3.8, 4) is 0 Å². The van der Waals surface area contributed by atoms with Gasteiger partial charge in [0.1, 0.15) is 5.76 Å². The summed E-state index contributed by atoms with van der Waals surface area (Å²) in [6.45, 7) is 4.69. The van der Waals surface area contributed by atoms with Gasteiger partial charge in [0, 0.05) is 13.1 Å². The van der Waals surface area contributed by atoms with Crippen LogP contribution < -0.4 is 10.6 Å². The van der Waals surface area contributed by atoms with Crippen molar-refractivity contribution in [1.29, 1.82) is 0 Å². The Kier molecular flexibility index (Phi) is 9.62. The average molecular weight is 474 g/mol. The maximum atomic E-state index is 12.3. The Morgan fingerprint density at radius 1 is 1.32 bits per heavy atom. The molecule has 1 saturated heterocycles. The summed E-state index contributed by atoms with van der Waals surface area (Å²) in [4.78, 5) is 6.77. The van der Waals surface area contributed by atoms with Gasteiger partial charge in [-0.3, -0.25) is 9.89 Å². The lowest BCUT2D eigenvalue weighted by Gasteiger charge is -2.24. The van der Waals surface area contributed by atoms with Crippen LogP contribution in [0, 0.1) is 0 Å². The van der Waals surface area contributed by atoms with Gasteiger partial charge in [-0.15, -0.1) is 24.0 Å². The fourth-order valence-corrected chi connectivity index (χ4v) is 2.76. The fraction of sp³-hybridized carbons (Fsp3) is 0.688. The van der Waals surface area contributed by atoms with Gasteiger partial charge in [-0.25, -0.2) is 0 Å². The summed E-state index contributed by atoms with van der Waals surface area (Å²) >= 11 is 0. The highest BCUT2D eigenvalue weighted by molar-refractivity contribution is 14.0. The number of furan rings is 1. The normalized spacial score (nSPS) is 17.2. The van der Waals surface area contributed by atoms with Crippen LogP contribution in [-0.4, -0.2) is 49.8 Å². The number of rotatable bonds is 7. The first-order valence-corrected chi connectivity index (χ1v) is 8.36. The lowest BCUT2D eigenvalue weighted by Crippen LogP contribution is -2.39. The third-order valence-corrected chi connectivity index (χ3v) is 3.92. The van der Waals surface area contributed by atoms with Gasteiger partial charge >= 0.3 is 6.18 Å². The summed E-state index contributed by atoms with van der Waals surface area (Å²) in [5.74, 6) is 1.24. The van der Waals surface area contributed by atoms with Gasteiger partial charge < -0.3 is 15.1 Å². The van der Waals surface area contributed by atoms with Crippen LogP contribution in [0.2, 0.25) is 0 Å². The van der Waals surface area contributed by atoms with Crippen molar-refractivity contribution in [3.05, 3.63) is 24.2 Å². The van der Waals surface area contributed by atoms with Crippen molar-refractivity contribution >= 4 is 29.9 Å². The minimum atomic E-state index is -4.17. The molecule has 0 aliphatic carbocycles. The molecular formula is C16H26F3IN4O. The molecule has 2 heterocycles. The Bertz CT molecular complexity index is 502. The SMILES string of the molecule is CCNC(=NCC(c1ccco1)N1CCCC1)NCCC(F)(F)F.I.